The molecule has 0 fully saturated rings. The molecule has 0 spiro atoms. The highest BCUT2D eigenvalue weighted by molar-refractivity contribution is 5.65. The molecule has 0 N–H and O–H groups in total. The first-order valence-electron chi connectivity index (χ1n) is 6.02. The minimum atomic E-state index is -0.207. The Bertz CT molecular complexity index is 347. The average Bonchev–Trinajstić information content (AvgIpc) is 2.30. The van der Waals surface area contributed by atoms with Crippen LogP contribution in [-0.4, -0.2) is 19.2 Å². The standard InChI is InChI=1S/C14H20O3/c1-12-8-4-5-9-14(12)17-11-7-3-6-10-16-13(2)15/h4-5,8-9H,3,6-7,10-11H2,1-2H3. The Labute approximate surface area is 103 Å². The van der Waals surface area contributed by atoms with Gasteiger partial charge in [0.1, 0.15) is 5.75 Å². The first kappa shape index (κ1) is 13.6. The summed E-state index contributed by atoms with van der Waals surface area (Å²) >= 11 is 0. The minimum Gasteiger partial charge on any atom is -0.493 e. The van der Waals surface area contributed by atoms with Crippen LogP contribution in [0.5, 0.6) is 5.75 Å². The number of unbranched alkanes of at least 4 members (excludes halogenated alkanes) is 2. The van der Waals surface area contributed by atoms with Gasteiger partial charge in [-0.05, 0) is 37.8 Å². The van der Waals surface area contributed by atoms with Crippen LogP contribution in [0.4, 0.5) is 0 Å². The molecule has 0 aliphatic carbocycles. The molecule has 0 aromatic heterocycles. The van der Waals surface area contributed by atoms with E-state index in [4.69, 9.17) is 9.47 Å². The van der Waals surface area contributed by atoms with E-state index in [1.54, 1.807) is 0 Å². The van der Waals surface area contributed by atoms with Gasteiger partial charge in [-0.15, -0.1) is 0 Å². The number of benzene rings is 1. The lowest BCUT2D eigenvalue weighted by Gasteiger charge is -2.08. The molecule has 0 radical (unpaired) electrons. The second-order valence-electron chi connectivity index (χ2n) is 4.01. The monoisotopic (exact) mass is 236 g/mol. The molecule has 0 heterocycles. The fourth-order valence-corrected chi connectivity index (χ4v) is 1.50. The van der Waals surface area contributed by atoms with Crippen molar-refractivity contribution in [2.24, 2.45) is 0 Å². The van der Waals surface area contributed by atoms with Gasteiger partial charge >= 0.3 is 5.97 Å². The van der Waals surface area contributed by atoms with Gasteiger partial charge in [-0.25, -0.2) is 0 Å². The number of aryl methyl sites for hydroxylation is 1. The van der Waals surface area contributed by atoms with Gasteiger partial charge in [-0.1, -0.05) is 18.2 Å². The van der Waals surface area contributed by atoms with E-state index in [0.29, 0.717) is 13.2 Å². The molecule has 0 amide bonds. The number of para-hydroxylation sites is 1. The van der Waals surface area contributed by atoms with E-state index in [1.165, 1.54) is 6.92 Å². The highest BCUT2D eigenvalue weighted by Gasteiger charge is 1.97. The van der Waals surface area contributed by atoms with Crippen LogP contribution >= 0.6 is 0 Å². The minimum absolute atomic E-state index is 0.207. The van der Waals surface area contributed by atoms with Crippen molar-refractivity contribution in [1.82, 2.24) is 0 Å². The molecule has 0 aliphatic heterocycles. The van der Waals surface area contributed by atoms with Crippen molar-refractivity contribution in [3.05, 3.63) is 29.8 Å². The maximum atomic E-state index is 10.5. The Kier molecular flexibility index (Phi) is 6.15. The summed E-state index contributed by atoms with van der Waals surface area (Å²) < 4.78 is 10.5. The highest BCUT2D eigenvalue weighted by Crippen LogP contribution is 2.16. The van der Waals surface area contributed by atoms with Crippen LogP contribution in [-0.2, 0) is 9.53 Å². The van der Waals surface area contributed by atoms with Crippen molar-refractivity contribution < 1.29 is 14.3 Å². The number of carbonyl (C=O) groups excluding carboxylic acids is 1. The van der Waals surface area contributed by atoms with Crippen molar-refractivity contribution in [2.75, 3.05) is 13.2 Å². The molecular formula is C14H20O3. The molecule has 94 valence electrons. The van der Waals surface area contributed by atoms with Gasteiger partial charge in [0.2, 0.25) is 0 Å². The highest BCUT2D eigenvalue weighted by atomic mass is 16.5. The van der Waals surface area contributed by atoms with Crippen LogP contribution < -0.4 is 4.74 Å². The van der Waals surface area contributed by atoms with Crippen LogP contribution in [0.2, 0.25) is 0 Å². The third-order valence-electron chi connectivity index (χ3n) is 2.45. The lowest BCUT2D eigenvalue weighted by Crippen LogP contribution is -2.02. The molecule has 0 saturated carbocycles. The van der Waals surface area contributed by atoms with Gasteiger partial charge in [0.05, 0.1) is 13.2 Å². The Morgan fingerprint density at radius 2 is 1.82 bits per heavy atom. The fourth-order valence-electron chi connectivity index (χ4n) is 1.50. The SMILES string of the molecule is CC(=O)OCCCCCOc1ccccc1C. The Balaban J connectivity index is 2.05. The van der Waals surface area contributed by atoms with E-state index in [-0.39, 0.29) is 5.97 Å². The first-order valence-corrected chi connectivity index (χ1v) is 6.02. The number of carbonyl (C=O) groups is 1. The largest absolute Gasteiger partial charge is 0.493 e. The lowest BCUT2D eigenvalue weighted by molar-refractivity contribution is -0.141. The fraction of sp³-hybridized carbons (Fsp3) is 0.500. The second kappa shape index (κ2) is 7.71. The van der Waals surface area contributed by atoms with Crippen LogP contribution in [0.3, 0.4) is 0 Å². The molecule has 3 heteroatoms. The molecule has 0 unspecified atom stereocenters. The van der Waals surface area contributed by atoms with E-state index in [1.807, 2.05) is 31.2 Å². The number of esters is 1. The van der Waals surface area contributed by atoms with E-state index < -0.39 is 0 Å². The van der Waals surface area contributed by atoms with Gasteiger partial charge in [-0.3, -0.25) is 4.79 Å². The molecule has 1 aromatic carbocycles. The summed E-state index contributed by atoms with van der Waals surface area (Å²) in [7, 11) is 0. The number of hydrogen-bond acceptors (Lipinski definition) is 3. The molecule has 0 aliphatic rings. The van der Waals surface area contributed by atoms with Crippen molar-refractivity contribution in [3.63, 3.8) is 0 Å². The van der Waals surface area contributed by atoms with Gasteiger partial charge in [-0.2, -0.15) is 0 Å². The van der Waals surface area contributed by atoms with Crippen LogP contribution in [0.15, 0.2) is 24.3 Å². The molecule has 1 rings (SSSR count). The molecular weight excluding hydrogens is 216 g/mol. The van der Waals surface area contributed by atoms with Gasteiger partial charge < -0.3 is 9.47 Å². The van der Waals surface area contributed by atoms with Crippen molar-refractivity contribution in [1.29, 1.82) is 0 Å². The quantitative estimate of drug-likeness (QED) is 0.539. The number of hydrogen-bond donors (Lipinski definition) is 0. The predicted octanol–water partition coefficient (Wildman–Crippen LogP) is 3.11. The van der Waals surface area contributed by atoms with E-state index in [0.717, 1.165) is 30.6 Å². The second-order valence-corrected chi connectivity index (χ2v) is 4.01. The summed E-state index contributed by atoms with van der Waals surface area (Å²) in [5, 5.41) is 0. The van der Waals surface area contributed by atoms with Gasteiger partial charge in [0.25, 0.3) is 0 Å². The van der Waals surface area contributed by atoms with Crippen molar-refractivity contribution >= 4 is 5.97 Å². The normalized spacial score (nSPS) is 10.0. The maximum Gasteiger partial charge on any atom is 0.302 e. The zero-order chi connectivity index (χ0) is 12.5. The van der Waals surface area contributed by atoms with E-state index in [2.05, 4.69) is 0 Å². The third kappa shape index (κ3) is 5.95. The predicted molar refractivity (Wildman–Crippen MR) is 67.2 cm³/mol. The molecule has 0 saturated heterocycles. The maximum absolute atomic E-state index is 10.5. The number of rotatable bonds is 7. The molecule has 17 heavy (non-hydrogen) atoms. The van der Waals surface area contributed by atoms with Crippen LogP contribution in [0.1, 0.15) is 31.7 Å². The summed E-state index contributed by atoms with van der Waals surface area (Å²) in [6, 6.07) is 7.99. The summed E-state index contributed by atoms with van der Waals surface area (Å²) in [6.07, 6.45) is 2.89. The molecule has 0 bridgehead atoms. The molecule has 1 aromatic rings. The van der Waals surface area contributed by atoms with Crippen LogP contribution in [0.25, 0.3) is 0 Å². The first-order chi connectivity index (χ1) is 8.20. The van der Waals surface area contributed by atoms with Gasteiger partial charge in [0.15, 0.2) is 0 Å². The molecule has 0 atom stereocenters. The summed E-state index contributed by atoms with van der Waals surface area (Å²) in [5.74, 6) is 0.744. The zero-order valence-corrected chi connectivity index (χ0v) is 10.6. The van der Waals surface area contributed by atoms with Gasteiger partial charge in [0, 0.05) is 6.92 Å². The average molecular weight is 236 g/mol. The Morgan fingerprint density at radius 3 is 2.53 bits per heavy atom. The summed E-state index contributed by atoms with van der Waals surface area (Å²) in [4.78, 5) is 10.5. The van der Waals surface area contributed by atoms with Crippen molar-refractivity contribution in [3.8, 4) is 5.75 Å². The smallest absolute Gasteiger partial charge is 0.302 e. The van der Waals surface area contributed by atoms with E-state index >= 15 is 0 Å². The Morgan fingerprint density at radius 1 is 1.12 bits per heavy atom. The lowest BCUT2D eigenvalue weighted by atomic mass is 10.2. The van der Waals surface area contributed by atoms with Crippen LogP contribution in [0, 0.1) is 6.92 Å². The third-order valence-corrected chi connectivity index (χ3v) is 2.45. The van der Waals surface area contributed by atoms with Crippen molar-refractivity contribution in [2.45, 2.75) is 33.1 Å². The summed E-state index contributed by atoms with van der Waals surface area (Å²) in [6.45, 7) is 4.70. The summed E-state index contributed by atoms with van der Waals surface area (Å²) in [5.41, 5.74) is 1.16. The topological polar surface area (TPSA) is 35.5 Å². The molecule has 3 nitrogen and oxygen atoms in total. The Hall–Kier alpha value is -1.51. The zero-order valence-electron chi connectivity index (χ0n) is 10.6. The van der Waals surface area contributed by atoms with E-state index in [9.17, 15) is 4.79 Å². The number of ether oxygens (including phenoxy) is 2.